The van der Waals surface area contributed by atoms with Crippen LogP contribution in [0.2, 0.25) is 0 Å². The summed E-state index contributed by atoms with van der Waals surface area (Å²) in [4.78, 5) is 15.4. The summed E-state index contributed by atoms with van der Waals surface area (Å²) in [6, 6.07) is 3.28. The number of anilines is 1. The Kier molecular flexibility index (Phi) is 4.72. The first kappa shape index (κ1) is 12.4. The first-order chi connectivity index (χ1) is 7.69. The van der Waals surface area contributed by atoms with Gasteiger partial charge in [0.15, 0.2) is 0 Å². The molecule has 0 aliphatic carbocycles. The van der Waals surface area contributed by atoms with Gasteiger partial charge in [0.25, 0.3) is 0 Å². The van der Waals surface area contributed by atoms with Crippen LogP contribution in [0.25, 0.3) is 0 Å². The van der Waals surface area contributed by atoms with Crippen LogP contribution in [0.1, 0.15) is 23.7 Å². The van der Waals surface area contributed by atoms with Crippen molar-refractivity contribution >= 4 is 11.8 Å². The van der Waals surface area contributed by atoms with Gasteiger partial charge < -0.3 is 15.2 Å². The van der Waals surface area contributed by atoms with Crippen LogP contribution in [-0.2, 0) is 4.74 Å². The Labute approximate surface area is 94.5 Å². The van der Waals surface area contributed by atoms with Crippen molar-refractivity contribution in [2.75, 3.05) is 19.0 Å². The minimum atomic E-state index is -0.451. The molecular weight excluding hydrogens is 208 g/mol. The molecule has 2 N–H and O–H groups in total. The Balaban J connectivity index is 2.75. The zero-order valence-corrected chi connectivity index (χ0v) is 9.43. The molecule has 0 aromatic carbocycles. The van der Waals surface area contributed by atoms with E-state index in [1.807, 2.05) is 6.92 Å². The van der Waals surface area contributed by atoms with E-state index in [1.165, 1.54) is 7.11 Å². The fourth-order valence-corrected chi connectivity index (χ4v) is 1.18. The minimum absolute atomic E-state index is 0.359. The molecule has 0 saturated carbocycles. The Morgan fingerprint density at radius 1 is 1.69 bits per heavy atom. The van der Waals surface area contributed by atoms with Gasteiger partial charge in [-0.2, -0.15) is 0 Å². The van der Waals surface area contributed by atoms with Crippen LogP contribution in [0, 0.1) is 0 Å². The highest BCUT2D eigenvalue weighted by atomic mass is 16.5. The molecule has 1 rings (SSSR count). The number of hydrogen-bond acceptors (Lipinski definition) is 5. The molecule has 0 saturated heterocycles. The maximum Gasteiger partial charge on any atom is 0.341 e. The SMILES string of the molecule is CCC(O)CNc1ncccc1C(=O)OC. The van der Waals surface area contributed by atoms with Gasteiger partial charge in [0.05, 0.1) is 13.2 Å². The van der Waals surface area contributed by atoms with Crippen molar-refractivity contribution in [3.8, 4) is 0 Å². The van der Waals surface area contributed by atoms with Crippen LogP contribution < -0.4 is 5.32 Å². The maximum atomic E-state index is 11.4. The summed E-state index contributed by atoms with van der Waals surface area (Å²) in [5, 5.41) is 12.3. The van der Waals surface area contributed by atoms with Crippen molar-refractivity contribution in [1.29, 1.82) is 0 Å². The molecule has 1 aromatic heterocycles. The van der Waals surface area contributed by atoms with E-state index in [2.05, 4.69) is 15.0 Å². The number of esters is 1. The third-order valence-electron chi connectivity index (χ3n) is 2.19. The first-order valence-corrected chi connectivity index (χ1v) is 5.14. The summed E-state index contributed by atoms with van der Waals surface area (Å²) in [5.74, 6) is -0.0107. The fourth-order valence-electron chi connectivity index (χ4n) is 1.18. The predicted octanol–water partition coefficient (Wildman–Crippen LogP) is 1.05. The number of ether oxygens (including phenoxy) is 1. The number of pyridine rings is 1. The molecule has 0 aliphatic heterocycles. The lowest BCUT2D eigenvalue weighted by Crippen LogP contribution is -2.20. The number of carbonyl (C=O) groups excluding carboxylic acids is 1. The molecule has 1 atom stereocenters. The van der Waals surface area contributed by atoms with Crippen molar-refractivity contribution < 1.29 is 14.6 Å². The first-order valence-electron chi connectivity index (χ1n) is 5.14. The Hall–Kier alpha value is -1.62. The van der Waals surface area contributed by atoms with Crippen molar-refractivity contribution in [2.45, 2.75) is 19.4 Å². The highest BCUT2D eigenvalue weighted by molar-refractivity contribution is 5.94. The van der Waals surface area contributed by atoms with Crippen LogP contribution in [0.5, 0.6) is 0 Å². The molecule has 1 unspecified atom stereocenters. The van der Waals surface area contributed by atoms with E-state index in [0.717, 1.165) is 0 Å². The number of carbonyl (C=O) groups is 1. The molecule has 5 heteroatoms. The zero-order chi connectivity index (χ0) is 12.0. The van der Waals surface area contributed by atoms with Gasteiger partial charge in [0.1, 0.15) is 11.4 Å². The van der Waals surface area contributed by atoms with Gasteiger partial charge >= 0.3 is 5.97 Å². The van der Waals surface area contributed by atoms with Crippen molar-refractivity contribution in [2.24, 2.45) is 0 Å². The standard InChI is InChI=1S/C11H16N2O3/c1-3-8(14)7-13-10-9(11(15)16-2)5-4-6-12-10/h4-6,8,14H,3,7H2,1-2H3,(H,12,13). The van der Waals surface area contributed by atoms with Crippen LogP contribution in [0.3, 0.4) is 0 Å². The predicted molar refractivity (Wildman–Crippen MR) is 60.4 cm³/mol. The summed E-state index contributed by atoms with van der Waals surface area (Å²) < 4.78 is 4.63. The van der Waals surface area contributed by atoms with Crippen LogP contribution in [0.4, 0.5) is 5.82 Å². The van der Waals surface area contributed by atoms with Crippen LogP contribution in [-0.4, -0.2) is 35.8 Å². The topological polar surface area (TPSA) is 71.5 Å². The quantitative estimate of drug-likeness (QED) is 0.731. The molecule has 0 spiro atoms. The molecule has 0 bridgehead atoms. The van der Waals surface area contributed by atoms with Crippen molar-refractivity contribution in [3.05, 3.63) is 23.9 Å². The van der Waals surface area contributed by atoms with Gasteiger partial charge in [-0.15, -0.1) is 0 Å². The molecule has 16 heavy (non-hydrogen) atoms. The molecule has 1 heterocycles. The number of nitrogens with one attached hydrogen (secondary N) is 1. The maximum absolute atomic E-state index is 11.4. The molecule has 0 fully saturated rings. The van der Waals surface area contributed by atoms with Gasteiger partial charge in [0.2, 0.25) is 0 Å². The highest BCUT2D eigenvalue weighted by Crippen LogP contribution is 2.12. The summed E-state index contributed by atoms with van der Waals surface area (Å²) in [5.41, 5.74) is 0.369. The fraction of sp³-hybridized carbons (Fsp3) is 0.455. The second-order valence-corrected chi connectivity index (χ2v) is 3.33. The number of nitrogens with zero attached hydrogens (tertiary/aromatic N) is 1. The van der Waals surface area contributed by atoms with E-state index in [0.29, 0.717) is 24.3 Å². The zero-order valence-electron chi connectivity index (χ0n) is 9.43. The molecule has 0 radical (unpaired) electrons. The van der Waals surface area contributed by atoms with Gasteiger partial charge in [0, 0.05) is 12.7 Å². The normalized spacial score (nSPS) is 11.9. The van der Waals surface area contributed by atoms with E-state index < -0.39 is 12.1 Å². The molecule has 0 amide bonds. The van der Waals surface area contributed by atoms with E-state index >= 15 is 0 Å². The largest absolute Gasteiger partial charge is 0.465 e. The van der Waals surface area contributed by atoms with Gasteiger partial charge in [-0.1, -0.05) is 6.92 Å². The Morgan fingerprint density at radius 2 is 2.44 bits per heavy atom. The third kappa shape index (κ3) is 3.20. The van der Waals surface area contributed by atoms with Gasteiger partial charge in [-0.25, -0.2) is 9.78 Å². The van der Waals surface area contributed by atoms with Crippen LogP contribution >= 0.6 is 0 Å². The number of methoxy groups -OCH3 is 1. The lowest BCUT2D eigenvalue weighted by atomic mass is 10.2. The average molecular weight is 224 g/mol. The smallest absolute Gasteiger partial charge is 0.341 e. The van der Waals surface area contributed by atoms with E-state index in [-0.39, 0.29) is 0 Å². The minimum Gasteiger partial charge on any atom is -0.465 e. The summed E-state index contributed by atoms with van der Waals surface area (Å²) in [6.45, 7) is 2.24. The lowest BCUT2D eigenvalue weighted by molar-refractivity contribution is 0.0601. The molecule has 5 nitrogen and oxygen atoms in total. The van der Waals surface area contributed by atoms with E-state index in [4.69, 9.17) is 0 Å². The number of aliphatic hydroxyl groups is 1. The number of aromatic nitrogens is 1. The van der Waals surface area contributed by atoms with Crippen molar-refractivity contribution in [3.63, 3.8) is 0 Å². The molecule has 0 aliphatic rings. The Morgan fingerprint density at radius 3 is 3.06 bits per heavy atom. The van der Waals surface area contributed by atoms with Gasteiger partial charge in [-0.05, 0) is 18.6 Å². The monoisotopic (exact) mass is 224 g/mol. The highest BCUT2D eigenvalue weighted by Gasteiger charge is 2.12. The second kappa shape index (κ2) is 6.07. The lowest BCUT2D eigenvalue weighted by Gasteiger charge is -2.12. The summed E-state index contributed by atoms with van der Waals surface area (Å²) >= 11 is 0. The summed E-state index contributed by atoms with van der Waals surface area (Å²) in [7, 11) is 1.32. The average Bonchev–Trinajstić information content (AvgIpc) is 2.35. The van der Waals surface area contributed by atoms with E-state index in [1.54, 1.807) is 18.3 Å². The third-order valence-corrected chi connectivity index (χ3v) is 2.19. The summed E-state index contributed by atoms with van der Waals surface area (Å²) in [6.07, 6.45) is 1.77. The van der Waals surface area contributed by atoms with Crippen LogP contribution in [0.15, 0.2) is 18.3 Å². The molecule has 88 valence electrons. The second-order valence-electron chi connectivity index (χ2n) is 3.33. The van der Waals surface area contributed by atoms with Crippen molar-refractivity contribution in [1.82, 2.24) is 4.98 Å². The van der Waals surface area contributed by atoms with E-state index in [9.17, 15) is 9.90 Å². The molecule has 1 aromatic rings. The number of aliphatic hydroxyl groups excluding tert-OH is 1. The molecular formula is C11H16N2O3. The number of rotatable bonds is 5. The Bertz CT molecular complexity index is 355. The van der Waals surface area contributed by atoms with Gasteiger partial charge in [-0.3, -0.25) is 0 Å². The number of hydrogen-bond donors (Lipinski definition) is 2.